The Bertz CT molecular complexity index is 2690. The van der Waals surface area contributed by atoms with Crippen LogP contribution in [0.2, 0.25) is 0 Å². The van der Waals surface area contributed by atoms with E-state index in [0.717, 1.165) is 77.8 Å². The van der Waals surface area contributed by atoms with Gasteiger partial charge in [0.05, 0.1) is 51.4 Å². The van der Waals surface area contributed by atoms with Gasteiger partial charge in [0, 0.05) is 38.6 Å². The van der Waals surface area contributed by atoms with Crippen LogP contribution >= 0.6 is 0 Å². The Kier molecular flexibility index (Phi) is 7.86. The van der Waals surface area contributed by atoms with Crippen molar-refractivity contribution in [3.63, 3.8) is 0 Å². The van der Waals surface area contributed by atoms with Crippen molar-refractivity contribution in [2.75, 3.05) is 0 Å². The summed E-state index contributed by atoms with van der Waals surface area (Å²) < 4.78 is 2.28. The number of hydrogen-bond acceptors (Lipinski definition) is 4. The van der Waals surface area contributed by atoms with Crippen molar-refractivity contribution >= 4 is 21.8 Å². The molecule has 0 saturated carbocycles. The lowest BCUT2D eigenvalue weighted by atomic mass is 9.91. The van der Waals surface area contributed by atoms with Crippen LogP contribution in [-0.4, -0.2) is 14.5 Å². The molecule has 0 aliphatic rings. The summed E-state index contributed by atoms with van der Waals surface area (Å²) in [6, 6.07) is 63.9. The summed E-state index contributed by atoms with van der Waals surface area (Å²) in [6.07, 6.45) is 0. The van der Waals surface area contributed by atoms with E-state index in [9.17, 15) is 10.5 Å². The SMILES string of the molecule is N#Cc1ccc2c(c1)c1cc(C#N)ccc1n2-c1c(-c2ccccc2)cc(-c2cc(-c3ccccc3)nc(-c3ccccc3)n2)cc1-c1ccccc1. The molecule has 0 saturated heterocycles. The summed E-state index contributed by atoms with van der Waals surface area (Å²) in [5.74, 6) is 0.651. The lowest BCUT2D eigenvalue weighted by molar-refractivity contribution is 1.17. The van der Waals surface area contributed by atoms with Crippen LogP contribution in [0, 0.1) is 22.7 Å². The van der Waals surface area contributed by atoms with Crippen molar-refractivity contribution in [2.45, 2.75) is 0 Å². The van der Waals surface area contributed by atoms with E-state index in [2.05, 4.69) is 95.6 Å². The lowest BCUT2D eigenvalue weighted by Crippen LogP contribution is -2.03. The number of benzene rings is 7. The van der Waals surface area contributed by atoms with E-state index in [1.807, 2.05) is 97.1 Å². The van der Waals surface area contributed by atoms with Crippen LogP contribution in [0.3, 0.4) is 0 Å². The van der Waals surface area contributed by atoms with Gasteiger partial charge in [-0.2, -0.15) is 10.5 Å². The van der Waals surface area contributed by atoms with Crippen molar-refractivity contribution in [1.82, 2.24) is 14.5 Å². The molecule has 9 aromatic rings. The molecule has 0 atom stereocenters. The van der Waals surface area contributed by atoms with Gasteiger partial charge in [0.25, 0.3) is 0 Å². The maximum atomic E-state index is 9.88. The van der Waals surface area contributed by atoms with E-state index in [4.69, 9.17) is 9.97 Å². The Morgan fingerprint density at radius 2 is 0.811 bits per heavy atom. The first-order valence-electron chi connectivity index (χ1n) is 17.4. The number of nitriles is 2. The molecule has 0 bridgehead atoms. The first-order chi connectivity index (χ1) is 26.2. The predicted molar refractivity (Wildman–Crippen MR) is 213 cm³/mol. The number of nitrogens with zero attached hydrogens (tertiary/aromatic N) is 5. The van der Waals surface area contributed by atoms with E-state index >= 15 is 0 Å². The highest BCUT2D eigenvalue weighted by molar-refractivity contribution is 6.11. The van der Waals surface area contributed by atoms with E-state index < -0.39 is 0 Å². The molecule has 2 heterocycles. The van der Waals surface area contributed by atoms with Crippen LogP contribution in [-0.2, 0) is 0 Å². The molecule has 5 heteroatoms. The van der Waals surface area contributed by atoms with Gasteiger partial charge < -0.3 is 4.57 Å². The molecule has 9 rings (SSSR count). The van der Waals surface area contributed by atoms with Crippen LogP contribution in [0.15, 0.2) is 176 Å². The van der Waals surface area contributed by atoms with E-state index in [-0.39, 0.29) is 0 Å². The third-order valence-electron chi connectivity index (χ3n) is 9.65. The van der Waals surface area contributed by atoms with Crippen molar-refractivity contribution in [1.29, 1.82) is 10.5 Å². The highest BCUT2D eigenvalue weighted by atomic mass is 15.0. The minimum Gasteiger partial charge on any atom is -0.308 e. The van der Waals surface area contributed by atoms with Crippen molar-refractivity contribution in [3.8, 4) is 74.0 Å². The highest BCUT2D eigenvalue weighted by Gasteiger charge is 2.23. The molecule has 5 nitrogen and oxygen atoms in total. The first-order valence-corrected chi connectivity index (χ1v) is 17.4. The van der Waals surface area contributed by atoms with Gasteiger partial charge in [-0.15, -0.1) is 0 Å². The van der Waals surface area contributed by atoms with Gasteiger partial charge in [0.15, 0.2) is 5.82 Å². The summed E-state index contributed by atoms with van der Waals surface area (Å²) in [5.41, 5.74) is 12.6. The average molecular weight is 676 g/mol. The van der Waals surface area contributed by atoms with E-state index in [1.165, 1.54) is 0 Å². The third kappa shape index (κ3) is 5.69. The Morgan fingerprint density at radius 1 is 0.396 bits per heavy atom. The molecule has 7 aromatic carbocycles. The number of hydrogen-bond donors (Lipinski definition) is 0. The van der Waals surface area contributed by atoms with Gasteiger partial charge in [-0.25, -0.2) is 9.97 Å². The number of aromatic nitrogens is 3. The molecular formula is C48H29N5. The Labute approximate surface area is 307 Å². The smallest absolute Gasteiger partial charge is 0.160 e. The molecule has 0 aliphatic carbocycles. The molecule has 2 aromatic heterocycles. The third-order valence-corrected chi connectivity index (χ3v) is 9.65. The quantitative estimate of drug-likeness (QED) is 0.176. The molecular weight excluding hydrogens is 647 g/mol. The molecule has 0 fully saturated rings. The van der Waals surface area contributed by atoms with E-state index in [0.29, 0.717) is 17.0 Å². The molecule has 53 heavy (non-hydrogen) atoms. The van der Waals surface area contributed by atoms with Gasteiger partial charge >= 0.3 is 0 Å². The second-order valence-corrected chi connectivity index (χ2v) is 12.9. The molecule has 0 unspecified atom stereocenters. The van der Waals surface area contributed by atoms with Crippen LogP contribution in [0.1, 0.15) is 11.1 Å². The Balaban J connectivity index is 1.41. The Hall–Kier alpha value is -7.60. The van der Waals surface area contributed by atoms with Crippen molar-refractivity contribution in [2.24, 2.45) is 0 Å². The maximum absolute atomic E-state index is 9.88. The minimum atomic E-state index is 0.563. The fraction of sp³-hybridized carbons (Fsp3) is 0. The largest absolute Gasteiger partial charge is 0.308 e. The second-order valence-electron chi connectivity index (χ2n) is 12.9. The zero-order valence-electron chi connectivity index (χ0n) is 28.5. The molecule has 0 radical (unpaired) electrons. The zero-order chi connectivity index (χ0) is 35.7. The minimum absolute atomic E-state index is 0.563. The van der Waals surface area contributed by atoms with Gasteiger partial charge in [-0.1, -0.05) is 121 Å². The highest BCUT2D eigenvalue weighted by Crippen LogP contribution is 2.44. The second kappa shape index (κ2) is 13.3. The van der Waals surface area contributed by atoms with Gasteiger partial charge in [0.1, 0.15) is 0 Å². The molecule has 0 spiro atoms. The number of fused-ring (bicyclic) bond motifs is 3. The van der Waals surface area contributed by atoms with Crippen molar-refractivity contribution in [3.05, 3.63) is 187 Å². The number of rotatable bonds is 6. The average Bonchev–Trinajstić information content (AvgIpc) is 3.56. The lowest BCUT2D eigenvalue weighted by Gasteiger charge is -2.21. The summed E-state index contributed by atoms with van der Waals surface area (Å²) in [5, 5.41) is 21.6. The van der Waals surface area contributed by atoms with E-state index in [1.54, 1.807) is 0 Å². The van der Waals surface area contributed by atoms with Crippen LogP contribution in [0.25, 0.3) is 83.6 Å². The Morgan fingerprint density at radius 3 is 1.26 bits per heavy atom. The zero-order valence-corrected chi connectivity index (χ0v) is 28.5. The van der Waals surface area contributed by atoms with Gasteiger partial charge in [-0.05, 0) is 65.7 Å². The maximum Gasteiger partial charge on any atom is 0.160 e. The normalized spacial score (nSPS) is 11.0. The van der Waals surface area contributed by atoms with Crippen LogP contribution < -0.4 is 0 Å². The first kappa shape index (κ1) is 31.4. The van der Waals surface area contributed by atoms with Crippen LogP contribution in [0.5, 0.6) is 0 Å². The fourth-order valence-corrected chi connectivity index (χ4v) is 7.17. The topological polar surface area (TPSA) is 78.3 Å². The predicted octanol–water partition coefficient (Wildman–Crippen LogP) is 11.7. The van der Waals surface area contributed by atoms with Crippen molar-refractivity contribution < 1.29 is 0 Å². The van der Waals surface area contributed by atoms with Gasteiger partial charge in [0.2, 0.25) is 0 Å². The molecule has 0 aliphatic heterocycles. The molecule has 0 amide bonds. The molecule has 0 N–H and O–H groups in total. The van der Waals surface area contributed by atoms with Gasteiger partial charge in [-0.3, -0.25) is 0 Å². The fourth-order valence-electron chi connectivity index (χ4n) is 7.17. The summed E-state index contributed by atoms with van der Waals surface area (Å²) in [4.78, 5) is 10.3. The standard InChI is InChI=1S/C48H29N5/c49-30-32-21-23-45-41(25-32)42-26-33(31-50)22-24-46(42)53(45)47-39(34-13-5-1-6-14-34)27-38(28-40(47)35-15-7-2-8-16-35)44-29-43(36-17-9-3-10-18-36)51-48(52-44)37-19-11-4-12-20-37/h1-29H. The molecule has 246 valence electrons. The van der Waals surface area contributed by atoms with Crippen LogP contribution in [0.4, 0.5) is 0 Å². The summed E-state index contributed by atoms with van der Waals surface area (Å²) >= 11 is 0. The summed E-state index contributed by atoms with van der Waals surface area (Å²) in [6.45, 7) is 0. The summed E-state index contributed by atoms with van der Waals surface area (Å²) in [7, 11) is 0. The monoisotopic (exact) mass is 675 g/mol.